The molecule has 0 aliphatic carbocycles. The second-order valence-corrected chi connectivity index (χ2v) is 5.33. The molecule has 20 heavy (non-hydrogen) atoms. The molecule has 1 aromatic heterocycles. The highest BCUT2D eigenvalue weighted by Gasteiger charge is 2.06. The number of aromatic hydroxyl groups is 1. The average molecular weight is 400 g/mol. The summed E-state index contributed by atoms with van der Waals surface area (Å²) in [4.78, 5) is 19.3. The Hall–Kier alpha value is -1.80. The van der Waals surface area contributed by atoms with Crippen molar-refractivity contribution in [1.82, 2.24) is 15.4 Å². The van der Waals surface area contributed by atoms with Crippen molar-refractivity contribution in [3.63, 3.8) is 0 Å². The van der Waals surface area contributed by atoms with E-state index in [4.69, 9.17) is 0 Å². The molecule has 0 radical (unpaired) electrons. The highest BCUT2D eigenvalue weighted by molar-refractivity contribution is 9.11. The van der Waals surface area contributed by atoms with Crippen LogP contribution in [0.3, 0.4) is 0 Å². The Balaban J connectivity index is 2.06. The van der Waals surface area contributed by atoms with Crippen LogP contribution < -0.4 is 5.43 Å². The van der Waals surface area contributed by atoms with Gasteiger partial charge >= 0.3 is 0 Å². The van der Waals surface area contributed by atoms with Gasteiger partial charge in [-0.15, -0.1) is 0 Å². The monoisotopic (exact) mass is 398 g/mol. The van der Waals surface area contributed by atoms with E-state index in [1.807, 2.05) is 0 Å². The van der Waals surface area contributed by atoms with Crippen LogP contribution in [0, 0.1) is 0 Å². The number of nitrogens with one attached hydrogen (secondary N) is 1. The number of carbonyl (C=O) groups excluding carboxylic acids is 1. The topological polar surface area (TPSA) is 87.5 Å². The van der Waals surface area contributed by atoms with Gasteiger partial charge < -0.3 is 5.11 Å². The van der Waals surface area contributed by atoms with Crippen LogP contribution in [0.1, 0.15) is 16.1 Å². The van der Waals surface area contributed by atoms with E-state index in [9.17, 15) is 9.90 Å². The molecule has 0 aliphatic heterocycles. The lowest BCUT2D eigenvalue weighted by Crippen LogP contribution is -2.19. The maximum Gasteiger partial charge on any atom is 0.291 e. The zero-order valence-electron chi connectivity index (χ0n) is 9.92. The number of hydrazone groups is 1. The fourth-order valence-electron chi connectivity index (χ4n) is 1.30. The van der Waals surface area contributed by atoms with Crippen LogP contribution in [0.5, 0.6) is 5.75 Å². The molecule has 1 aromatic carbocycles. The van der Waals surface area contributed by atoms with E-state index in [1.54, 1.807) is 12.1 Å². The molecule has 2 rings (SSSR count). The summed E-state index contributed by atoms with van der Waals surface area (Å²) in [7, 11) is 0. The maximum absolute atomic E-state index is 11.6. The first kappa shape index (κ1) is 14.6. The second-order valence-electron chi connectivity index (χ2n) is 3.62. The Bertz CT molecular complexity index is 639. The normalized spacial score (nSPS) is 10.7. The number of aromatic nitrogens is 2. The van der Waals surface area contributed by atoms with Crippen LogP contribution in [-0.2, 0) is 0 Å². The Kier molecular flexibility index (Phi) is 4.80. The molecule has 2 N–H and O–H groups in total. The number of halogens is 2. The molecule has 0 spiro atoms. The summed E-state index contributed by atoms with van der Waals surface area (Å²) in [6.07, 6.45) is 5.69. The van der Waals surface area contributed by atoms with Gasteiger partial charge in [0.2, 0.25) is 0 Å². The van der Waals surface area contributed by atoms with E-state index in [2.05, 4.69) is 52.4 Å². The summed E-state index contributed by atoms with van der Waals surface area (Å²) in [6, 6.07) is 3.33. The maximum atomic E-state index is 11.6. The molecule has 0 saturated carbocycles. The quantitative estimate of drug-likeness (QED) is 0.613. The summed E-state index contributed by atoms with van der Waals surface area (Å²) in [5.41, 5.74) is 3.21. The molecule has 1 amide bonds. The molecule has 0 aliphatic rings. The summed E-state index contributed by atoms with van der Waals surface area (Å²) in [5.74, 6) is -0.350. The van der Waals surface area contributed by atoms with Crippen molar-refractivity contribution in [2.75, 3.05) is 0 Å². The molecule has 1 heterocycles. The third kappa shape index (κ3) is 3.61. The lowest BCUT2D eigenvalue weighted by molar-refractivity contribution is 0.0949. The van der Waals surface area contributed by atoms with Gasteiger partial charge in [-0.25, -0.2) is 10.4 Å². The van der Waals surface area contributed by atoms with Crippen LogP contribution in [-0.4, -0.2) is 27.2 Å². The fourth-order valence-corrected chi connectivity index (χ4v) is 2.52. The number of rotatable bonds is 3. The number of amides is 1. The van der Waals surface area contributed by atoms with Crippen molar-refractivity contribution in [2.45, 2.75) is 0 Å². The lowest BCUT2D eigenvalue weighted by Gasteiger charge is -2.02. The Morgan fingerprint density at radius 2 is 2.00 bits per heavy atom. The number of hydrogen-bond donors (Lipinski definition) is 2. The summed E-state index contributed by atoms with van der Waals surface area (Å²) in [6.45, 7) is 0. The van der Waals surface area contributed by atoms with Gasteiger partial charge in [0.1, 0.15) is 11.4 Å². The van der Waals surface area contributed by atoms with Gasteiger partial charge in [0, 0.05) is 12.4 Å². The van der Waals surface area contributed by atoms with Crippen LogP contribution in [0.15, 0.2) is 44.8 Å². The minimum atomic E-state index is -0.453. The van der Waals surface area contributed by atoms with Gasteiger partial charge in [0.05, 0.1) is 21.4 Å². The van der Waals surface area contributed by atoms with Gasteiger partial charge in [-0.3, -0.25) is 9.78 Å². The predicted molar refractivity (Wildman–Crippen MR) is 80.6 cm³/mol. The van der Waals surface area contributed by atoms with Crippen LogP contribution in [0.2, 0.25) is 0 Å². The van der Waals surface area contributed by atoms with Crippen molar-refractivity contribution in [1.29, 1.82) is 0 Å². The largest absolute Gasteiger partial charge is 0.506 e. The summed E-state index contributed by atoms with van der Waals surface area (Å²) in [5, 5.41) is 13.4. The van der Waals surface area contributed by atoms with Crippen molar-refractivity contribution in [3.05, 3.63) is 50.9 Å². The van der Waals surface area contributed by atoms with E-state index in [0.717, 1.165) is 0 Å². The fraction of sp³-hybridized carbons (Fsp3) is 0. The highest BCUT2D eigenvalue weighted by atomic mass is 79.9. The first-order valence-corrected chi connectivity index (χ1v) is 6.94. The van der Waals surface area contributed by atoms with Gasteiger partial charge in [0.15, 0.2) is 0 Å². The van der Waals surface area contributed by atoms with E-state index in [-0.39, 0.29) is 11.4 Å². The molecule has 0 atom stereocenters. The van der Waals surface area contributed by atoms with Crippen molar-refractivity contribution < 1.29 is 9.90 Å². The van der Waals surface area contributed by atoms with Crippen LogP contribution in [0.4, 0.5) is 0 Å². The lowest BCUT2D eigenvalue weighted by atomic mass is 10.2. The number of phenolic OH excluding ortho intramolecular Hbond substituents is 1. The van der Waals surface area contributed by atoms with E-state index in [1.165, 1.54) is 24.8 Å². The molecular weight excluding hydrogens is 392 g/mol. The van der Waals surface area contributed by atoms with Crippen molar-refractivity contribution in [3.8, 4) is 5.75 Å². The number of benzene rings is 1. The van der Waals surface area contributed by atoms with E-state index >= 15 is 0 Å². The molecule has 2 aromatic rings. The molecule has 0 bridgehead atoms. The summed E-state index contributed by atoms with van der Waals surface area (Å²) >= 11 is 6.41. The molecule has 0 fully saturated rings. The molecule has 8 heteroatoms. The Morgan fingerprint density at radius 3 is 2.60 bits per heavy atom. The van der Waals surface area contributed by atoms with Crippen LogP contribution >= 0.6 is 31.9 Å². The third-order valence-electron chi connectivity index (χ3n) is 2.21. The van der Waals surface area contributed by atoms with Crippen molar-refractivity contribution in [2.24, 2.45) is 5.10 Å². The average Bonchev–Trinajstić information content (AvgIpc) is 2.45. The number of carbonyl (C=O) groups is 1. The molecular formula is C12H8Br2N4O2. The first-order valence-electron chi connectivity index (χ1n) is 5.35. The summed E-state index contributed by atoms with van der Waals surface area (Å²) < 4.78 is 1.04. The number of hydrogen-bond acceptors (Lipinski definition) is 5. The van der Waals surface area contributed by atoms with Crippen molar-refractivity contribution >= 4 is 44.0 Å². The molecule has 102 valence electrons. The molecule has 6 nitrogen and oxygen atoms in total. The van der Waals surface area contributed by atoms with Gasteiger partial charge in [-0.05, 0) is 49.6 Å². The first-order chi connectivity index (χ1) is 9.58. The highest BCUT2D eigenvalue weighted by Crippen LogP contribution is 2.32. The number of nitrogens with zero attached hydrogens (tertiary/aromatic N) is 3. The zero-order chi connectivity index (χ0) is 14.5. The minimum absolute atomic E-state index is 0.103. The van der Waals surface area contributed by atoms with Gasteiger partial charge in [0.25, 0.3) is 5.91 Å². The second kappa shape index (κ2) is 6.58. The third-order valence-corrected chi connectivity index (χ3v) is 3.42. The number of phenols is 1. The zero-order valence-corrected chi connectivity index (χ0v) is 13.1. The SMILES string of the molecule is O=C(NN=Cc1cc(Br)c(O)c(Br)c1)c1cnccn1. The Labute approximate surface area is 131 Å². The Morgan fingerprint density at radius 1 is 1.30 bits per heavy atom. The molecule has 0 saturated heterocycles. The smallest absolute Gasteiger partial charge is 0.291 e. The molecule has 0 unspecified atom stereocenters. The van der Waals surface area contributed by atoms with Gasteiger partial charge in [-0.1, -0.05) is 0 Å². The predicted octanol–water partition coefficient (Wildman–Crippen LogP) is 2.47. The standard InChI is InChI=1S/C12H8Br2N4O2/c13-8-3-7(4-9(14)11(8)19)5-17-18-12(20)10-6-15-1-2-16-10/h1-6,19H,(H,18,20). The van der Waals surface area contributed by atoms with E-state index in [0.29, 0.717) is 14.5 Å². The minimum Gasteiger partial charge on any atom is -0.506 e. The van der Waals surface area contributed by atoms with Crippen LogP contribution in [0.25, 0.3) is 0 Å². The van der Waals surface area contributed by atoms with E-state index < -0.39 is 5.91 Å². The van der Waals surface area contributed by atoms with Gasteiger partial charge in [-0.2, -0.15) is 5.10 Å².